The first-order valence-corrected chi connectivity index (χ1v) is 10.6. The number of carbonyl (C=O) groups excluding carboxylic acids is 2. The van der Waals surface area contributed by atoms with Crippen LogP contribution in [0.25, 0.3) is 11.1 Å². The molecule has 1 aliphatic carbocycles. The Balaban J connectivity index is 1.38. The van der Waals surface area contributed by atoms with Gasteiger partial charge in [0.25, 0.3) is 5.91 Å². The lowest BCUT2D eigenvalue weighted by molar-refractivity contribution is -0.116. The van der Waals surface area contributed by atoms with Crippen LogP contribution in [0.3, 0.4) is 0 Å². The highest BCUT2D eigenvalue weighted by atomic mass is 16.2. The first kappa shape index (κ1) is 19.4. The van der Waals surface area contributed by atoms with Gasteiger partial charge in [-0.2, -0.15) is 0 Å². The number of amides is 2. The second-order valence-electron chi connectivity index (χ2n) is 7.96. The highest BCUT2D eigenvalue weighted by molar-refractivity contribution is 5.95. The quantitative estimate of drug-likeness (QED) is 0.742. The molecule has 0 unspecified atom stereocenters. The molecule has 150 valence electrons. The molecule has 0 spiro atoms. The molecular formula is C25H28N2O2. The average molecular weight is 389 g/mol. The summed E-state index contributed by atoms with van der Waals surface area (Å²) in [5.41, 5.74) is 6.59. The van der Waals surface area contributed by atoms with Crippen molar-refractivity contribution in [1.29, 1.82) is 0 Å². The van der Waals surface area contributed by atoms with E-state index in [1.807, 2.05) is 41.3 Å². The Morgan fingerprint density at radius 2 is 1.79 bits per heavy atom. The van der Waals surface area contributed by atoms with Crippen molar-refractivity contribution in [3.8, 4) is 11.1 Å². The van der Waals surface area contributed by atoms with Crippen LogP contribution in [-0.2, 0) is 11.2 Å². The second-order valence-corrected chi connectivity index (χ2v) is 7.96. The van der Waals surface area contributed by atoms with E-state index in [0.717, 1.165) is 36.2 Å². The maximum atomic E-state index is 12.4. The summed E-state index contributed by atoms with van der Waals surface area (Å²) in [5.74, 6) is 0.0747. The summed E-state index contributed by atoms with van der Waals surface area (Å²) >= 11 is 0. The average Bonchev–Trinajstić information content (AvgIpc) is 3.18. The number of nitrogens with one attached hydrogen (secondary N) is 1. The van der Waals surface area contributed by atoms with Crippen LogP contribution in [0.4, 0.5) is 5.69 Å². The van der Waals surface area contributed by atoms with Crippen molar-refractivity contribution in [2.45, 2.75) is 45.4 Å². The smallest absolute Gasteiger partial charge is 0.251 e. The molecule has 4 rings (SSSR count). The van der Waals surface area contributed by atoms with Gasteiger partial charge in [0.2, 0.25) is 5.91 Å². The molecule has 0 bridgehead atoms. The van der Waals surface area contributed by atoms with E-state index in [9.17, 15) is 9.59 Å². The van der Waals surface area contributed by atoms with Crippen molar-refractivity contribution < 1.29 is 9.59 Å². The van der Waals surface area contributed by atoms with Crippen LogP contribution in [0, 0.1) is 0 Å². The summed E-state index contributed by atoms with van der Waals surface area (Å²) in [6.45, 7) is 3.06. The number of benzene rings is 2. The molecule has 4 heteroatoms. The highest BCUT2D eigenvalue weighted by Crippen LogP contribution is 2.32. The van der Waals surface area contributed by atoms with E-state index < -0.39 is 0 Å². The van der Waals surface area contributed by atoms with Gasteiger partial charge in [-0.1, -0.05) is 29.8 Å². The van der Waals surface area contributed by atoms with Crippen molar-refractivity contribution in [2.75, 3.05) is 18.0 Å². The Hall–Kier alpha value is -2.88. The number of fused-ring (bicyclic) bond motifs is 1. The van der Waals surface area contributed by atoms with E-state index in [1.165, 1.54) is 36.8 Å². The Kier molecular flexibility index (Phi) is 5.79. The van der Waals surface area contributed by atoms with Crippen LogP contribution in [0.5, 0.6) is 0 Å². The first-order chi connectivity index (χ1) is 14.1. The number of rotatable bonds is 5. The fourth-order valence-electron chi connectivity index (χ4n) is 4.29. The van der Waals surface area contributed by atoms with Gasteiger partial charge in [0.1, 0.15) is 0 Å². The molecule has 29 heavy (non-hydrogen) atoms. The highest BCUT2D eigenvalue weighted by Gasteiger charge is 2.22. The van der Waals surface area contributed by atoms with Gasteiger partial charge < -0.3 is 10.2 Å². The number of nitrogens with zero attached hydrogens (tertiary/aromatic N) is 1. The molecule has 0 saturated heterocycles. The fraction of sp³-hybridized carbons (Fsp3) is 0.360. The summed E-state index contributed by atoms with van der Waals surface area (Å²) in [7, 11) is 0. The van der Waals surface area contributed by atoms with E-state index >= 15 is 0 Å². The largest absolute Gasteiger partial charge is 0.352 e. The molecule has 0 aromatic heterocycles. The van der Waals surface area contributed by atoms with Crippen molar-refractivity contribution in [3.05, 3.63) is 65.2 Å². The minimum atomic E-state index is -0.0148. The lowest BCUT2D eigenvalue weighted by Crippen LogP contribution is -2.25. The summed E-state index contributed by atoms with van der Waals surface area (Å²) in [6, 6.07) is 14.0. The van der Waals surface area contributed by atoms with Crippen molar-refractivity contribution in [1.82, 2.24) is 5.32 Å². The van der Waals surface area contributed by atoms with Crippen LogP contribution >= 0.6 is 0 Å². The molecule has 2 aliphatic rings. The van der Waals surface area contributed by atoms with Gasteiger partial charge in [-0.15, -0.1) is 0 Å². The normalized spacial score (nSPS) is 15.6. The van der Waals surface area contributed by atoms with Gasteiger partial charge in [0.15, 0.2) is 0 Å². The molecule has 0 atom stereocenters. The van der Waals surface area contributed by atoms with E-state index in [2.05, 4.69) is 17.5 Å². The standard InChI is InChI=1S/C25H28N2O2/c1-18(28)27-16-14-23-17-22(11-12-24(23)27)20-7-9-21(10-8-20)25(29)26-15-13-19-5-3-2-4-6-19/h5,7-12,17H,2-4,6,13-16H2,1H3,(H,26,29). The summed E-state index contributed by atoms with van der Waals surface area (Å²) in [6.07, 6.45) is 9.10. The van der Waals surface area contributed by atoms with E-state index in [1.54, 1.807) is 6.92 Å². The molecule has 4 nitrogen and oxygen atoms in total. The monoisotopic (exact) mass is 388 g/mol. The predicted octanol–water partition coefficient (Wildman–Crippen LogP) is 4.88. The zero-order valence-corrected chi connectivity index (χ0v) is 17.0. The zero-order chi connectivity index (χ0) is 20.2. The Morgan fingerprint density at radius 3 is 2.52 bits per heavy atom. The molecule has 0 fully saturated rings. The predicted molar refractivity (Wildman–Crippen MR) is 117 cm³/mol. The molecule has 2 aromatic rings. The molecule has 0 saturated carbocycles. The molecule has 1 N–H and O–H groups in total. The molecular weight excluding hydrogens is 360 g/mol. The van der Waals surface area contributed by atoms with Crippen LogP contribution < -0.4 is 10.2 Å². The van der Waals surface area contributed by atoms with Gasteiger partial charge in [-0.25, -0.2) is 0 Å². The van der Waals surface area contributed by atoms with Crippen molar-refractivity contribution in [3.63, 3.8) is 0 Å². The third-order valence-corrected chi connectivity index (χ3v) is 5.95. The molecule has 1 aliphatic heterocycles. The Bertz CT molecular complexity index is 944. The van der Waals surface area contributed by atoms with E-state index in [-0.39, 0.29) is 11.8 Å². The van der Waals surface area contributed by atoms with Crippen molar-refractivity contribution >= 4 is 17.5 Å². The summed E-state index contributed by atoms with van der Waals surface area (Å²) in [5, 5.41) is 3.04. The van der Waals surface area contributed by atoms with Crippen LogP contribution in [-0.4, -0.2) is 24.9 Å². The van der Waals surface area contributed by atoms with Gasteiger partial charge >= 0.3 is 0 Å². The first-order valence-electron chi connectivity index (χ1n) is 10.6. The molecule has 2 amide bonds. The van der Waals surface area contributed by atoms with Crippen LogP contribution in [0.15, 0.2) is 54.1 Å². The van der Waals surface area contributed by atoms with E-state index in [0.29, 0.717) is 12.1 Å². The third-order valence-electron chi connectivity index (χ3n) is 5.95. The van der Waals surface area contributed by atoms with Crippen molar-refractivity contribution in [2.24, 2.45) is 0 Å². The van der Waals surface area contributed by atoms with Crippen LogP contribution in [0.1, 0.15) is 54.9 Å². The molecule has 1 heterocycles. The second kappa shape index (κ2) is 8.64. The SMILES string of the molecule is CC(=O)N1CCc2cc(-c3ccc(C(=O)NCCC4=CCCCC4)cc3)ccc21. The number of hydrogen-bond acceptors (Lipinski definition) is 2. The number of hydrogen-bond donors (Lipinski definition) is 1. The van der Waals surface area contributed by atoms with E-state index in [4.69, 9.17) is 0 Å². The number of allylic oxidation sites excluding steroid dienone is 1. The maximum Gasteiger partial charge on any atom is 0.251 e. The zero-order valence-electron chi connectivity index (χ0n) is 17.0. The number of carbonyl (C=O) groups is 2. The minimum Gasteiger partial charge on any atom is -0.352 e. The summed E-state index contributed by atoms with van der Waals surface area (Å²) < 4.78 is 0. The fourth-order valence-corrected chi connectivity index (χ4v) is 4.29. The van der Waals surface area contributed by atoms with Gasteiger partial charge in [-0.05, 0) is 79.5 Å². The third kappa shape index (κ3) is 4.42. The Morgan fingerprint density at radius 1 is 1.00 bits per heavy atom. The lowest BCUT2D eigenvalue weighted by Gasteiger charge is -2.15. The molecule has 0 radical (unpaired) electrons. The minimum absolute atomic E-state index is 0.0148. The van der Waals surface area contributed by atoms with Gasteiger partial charge in [0.05, 0.1) is 0 Å². The number of anilines is 1. The summed E-state index contributed by atoms with van der Waals surface area (Å²) in [4.78, 5) is 26.0. The van der Waals surface area contributed by atoms with Gasteiger partial charge in [-0.3, -0.25) is 9.59 Å². The lowest BCUT2D eigenvalue weighted by atomic mass is 9.97. The van der Waals surface area contributed by atoms with Gasteiger partial charge in [0, 0.05) is 31.3 Å². The van der Waals surface area contributed by atoms with Crippen LogP contribution in [0.2, 0.25) is 0 Å². The maximum absolute atomic E-state index is 12.4. The topological polar surface area (TPSA) is 49.4 Å². The molecule has 2 aromatic carbocycles. The Labute approximate surface area is 172 Å².